The fourth-order valence-electron chi connectivity index (χ4n) is 8.45. The molecule has 0 saturated carbocycles. The minimum absolute atomic E-state index is 0. The number of hydrogen-bond donors (Lipinski definition) is 0. The molecule has 7 heteroatoms. The second-order valence-electron chi connectivity index (χ2n) is 18.3. The first kappa shape index (κ1) is 44.7. The van der Waals surface area contributed by atoms with Crippen molar-refractivity contribution in [2.45, 2.75) is 63.7 Å². The predicted octanol–water partition coefficient (Wildman–Crippen LogP) is 14.4. The van der Waals surface area contributed by atoms with Crippen molar-refractivity contribution in [1.29, 1.82) is 0 Å². The SMILES string of the molecule is CCc1cc(-c2[c-]cccc2)nc[c]1[Ge]([CH3])([CH3])[CH3].Cc1ccc2c(n1)oc1c(-c3nc4ccccc4n3-c3c(-c4ccccc4)cc(C(C)(C)C)cc3-c3ccccc3)[c-]ccc12.[Ir]. The van der Waals surface area contributed by atoms with Crippen molar-refractivity contribution in [2.24, 2.45) is 0 Å². The molecule has 4 aromatic heterocycles. The van der Waals surface area contributed by atoms with Crippen LogP contribution in [0.1, 0.15) is 44.5 Å². The zero-order chi connectivity index (χ0) is 43.9. The van der Waals surface area contributed by atoms with Gasteiger partial charge in [-0.05, 0) is 65.4 Å². The summed E-state index contributed by atoms with van der Waals surface area (Å²) in [6.07, 6.45) is 3.19. The number of aryl methyl sites for hydroxylation is 2. The molecule has 0 atom stereocenters. The van der Waals surface area contributed by atoms with Crippen molar-refractivity contribution in [3.8, 4) is 50.6 Å². The second kappa shape index (κ2) is 18.3. The molecule has 1 radical (unpaired) electrons. The topological polar surface area (TPSA) is 56.7 Å². The van der Waals surface area contributed by atoms with Gasteiger partial charge in [-0.3, -0.25) is 4.98 Å². The zero-order valence-electron chi connectivity index (χ0n) is 37.7. The molecule has 0 saturated heterocycles. The molecule has 0 spiro atoms. The van der Waals surface area contributed by atoms with Gasteiger partial charge in [0.15, 0.2) is 0 Å². The Kier molecular flexibility index (Phi) is 12.8. The van der Waals surface area contributed by atoms with Crippen LogP contribution in [0.4, 0.5) is 0 Å². The average Bonchev–Trinajstić information content (AvgIpc) is 3.87. The molecule has 10 aromatic rings. The number of furan rings is 1. The first-order valence-corrected chi connectivity index (χ1v) is 29.2. The minimum Gasteiger partial charge on any atom is -0.486 e. The van der Waals surface area contributed by atoms with E-state index in [0.717, 1.165) is 90.1 Å². The van der Waals surface area contributed by atoms with Gasteiger partial charge >= 0.3 is 113 Å². The third kappa shape index (κ3) is 8.80. The Bertz CT molecular complexity index is 3170. The van der Waals surface area contributed by atoms with Gasteiger partial charge in [-0.2, -0.15) is 0 Å². The largest absolute Gasteiger partial charge is 0.486 e. The third-order valence-electron chi connectivity index (χ3n) is 11.8. The molecule has 0 unspecified atom stereocenters. The number of fused-ring (bicyclic) bond motifs is 4. The van der Waals surface area contributed by atoms with Crippen LogP contribution in [0.3, 0.4) is 0 Å². The van der Waals surface area contributed by atoms with E-state index < -0.39 is 13.3 Å². The van der Waals surface area contributed by atoms with E-state index in [0.29, 0.717) is 5.71 Å². The number of hydrogen-bond acceptors (Lipinski definition) is 4. The molecule has 0 bridgehead atoms. The zero-order valence-corrected chi connectivity index (χ0v) is 42.2. The van der Waals surface area contributed by atoms with Crippen molar-refractivity contribution in [3.63, 3.8) is 0 Å². The van der Waals surface area contributed by atoms with Crippen molar-refractivity contribution in [3.05, 3.63) is 187 Å². The van der Waals surface area contributed by atoms with Crippen LogP contribution in [0.5, 0.6) is 0 Å². The summed E-state index contributed by atoms with van der Waals surface area (Å²) in [5, 5.41) is 1.98. The van der Waals surface area contributed by atoms with Crippen LogP contribution in [0.2, 0.25) is 17.3 Å². The fraction of sp³-hybridized carbons (Fsp3) is 0.175. The predicted molar refractivity (Wildman–Crippen MR) is 266 cm³/mol. The summed E-state index contributed by atoms with van der Waals surface area (Å²) in [5.41, 5.74) is 15.4. The Morgan fingerprint density at radius 2 is 1.34 bits per heavy atom. The van der Waals surface area contributed by atoms with E-state index in [1.165, 1.54) is 15.5 Å². The van der Waals surface area contributed by atoms with Crippen molar-refractivity contribution in [1.82, 2.24) is 19.5 Å². The van der Waals surface area contributed by atoms with Gasteiger partial charge in [0.25, 0.3) is 0 Å². The monoisotopic (exact) mass is 1080 g/mol. The van der Waals surface area contributed by atoms with Gasteiger partial charge in [0, 0.05) is 42.3 Å². The van der Waals surface area contributed by atoms with Crippen molar-refractivity contribution >= 4 is 50.8 Å². The number of aromatic nitrogens is 4. The first-order valence-electron chi connectivity index (χ1n) is 21.8. The molecule has 0 aliphatic rings. The van der Waals surface area contributed by atoms with Gasteiger partial charge in [-0.15, -0.1) is 18.2 Å². The molecule has 6 aromatic carbocycles. The summed E-state index contributed by atoms with van der Waals surface area (Å²) in [4.78, 5) is 14.6. The van der Waals surface area contributed by atoms with Gasteiger partial charge in [0.05, 0.1) is 28.1 Å². The number of para-hydroxylation sites is 2. The van der Waals surface area contributed by atoms with Crippen LogP contribution >= 0.6 is 0 Å². The van der Waals surface area contributed by atoms with Gasteiger partial charge in [-0.25, -0.2) is 4.98 Å². The Morgan fingerprint density at radius 1 is 0.688 bits per heavy atom. The standard InChI is InChI=1S/C41H32N3O.C16H20GeN.Ir/c1-26-22-23-31-30-18-13-19-32(38(30)45-40(31)42-26)39-43-35-20-11-12-21-36(35)44(39)37-33(27-14-7-5-8-15-27)24-29(41(2,3)4)25-34(37)28-16-9-6-10-17-28;1-5-13-11-16(14-9-7-6-8-10-14)18-12-15(13)17(2,3)4;/h5-18,20-25H,1-4H3;6-9,11-12H,5H2,1-4H3;/q2*-1;. The number of pyridine rings is 2. The van der Waals surface area contributed by atoms with Gasteiger partial charge < -0.3 is 8.98 Å². The molecule has 0 fully saturated rings. The summed E-state index contributed by atoms with van der Waals surface area (Å²) in [7, 11) is 0. The maximum absolute atomic E-state index is 6.50. The van der Waals surface area contributed by atoms with Gasteiger partial charge in [0.1, 0.15) is 0 Å². The molecular formula is C57H52GeIrN4O-2. The number of benzene rings is 6. The van der Waals surface area contributed by atoms with Crippen LogP contribution in [-0.4, -0.2) is 32.8 Å². The molecule has 0 aliphatic heterocycles. The Morgan fingerprint density at radius 3 is 1.97 bits per heavy atom. The Balaban J connectivity index is 0.000000248. The molecule has 4 heterocycles. The van der Waals surface area contributed by atoms with Crippen molar-refractivity contribution in [2.75, 3.05) is 0 Å². The minimum atomic E-state index is -1.80. The van der Waals surface area contributed by atoms with Crippen LogP contribution in [0, 0.1) is 19.1 Å². The molecular weight excluding hydrogens is 1020 g/mol. The van der Waals surface area contributed by atoms with E-state index in [4.69, 9.17) is 14.4 Å². The van der Waals surface area contributed by atoms with E-state index in [1.807, 2.05) is 43.3 Å². The Hall–Kier alpha value is -5.92. The summed E-state index contributed by atoms with van der Waals surface area (Å²) in [6, 6.07) is 59.6. The summed E-state index contributed by atoms with van der Waals surface area (Å²) in [5.74, 6) is 8.04. The van der Waals surface area contributed by atoms with E-state index in [1.54, 1.807) is 0 Å². The van der Waals surface area contributed by atoms with Crippen molar-refractivity contribution < 1.29 is 24.5 Å². The maximum Gasteiger partial charge on any atom is 0.216 e. The van der Waals surface area contributed by atoms with Crippen LogP contribution in [-0.2, 0) is 31.9 Å². The average molecular weight is 1070 g/mol. The molecule has 5 nitrogen and oxygen atoms in total. The quantitative estimate of drug-likeness (QED) is 0.118. The number of imidazole rings is 1. The molecule has 321 valence electrons. The van der Waals surface area contributed by atoms with Crippen LogP contribution in [0.25, 0.3) is 83.7 Å². The summed E-state index contributed by atoms with van der Waals surface area (Å²) >= 11 is -1.80. The molecule has 0 amide bonds. The summed E-state index contributed by atoms with van der Waals surface area (Å²) in [6.45, 7) is 11.0. The molecule has 0 aliphatic carbocycles. The summed E-state index contributed by atoms with van der Waals surface area (Å²) < 4.78 is 10.3. The van der Waals surface area contributed by atoms with Gasteiger partial charge in [0.2, 0.25) is 5.71 Å². The maximum atomic E-state index is 6.50. The van der Waals surface area contributed by atoms with Gasteiger partial charge in [-0.1, -0.05) is 105 Å². The number of rotatable bonds is 7. The Labute approximate surface area is 393 Å². The third-order valence-corrected chi connectivity index (χ3v) is 16.1. The smallest absolute Gasteiger partial charge is 0.216 e. The molecule has 10 rings (SSSR count). The molecule has 64 heavy (non-hydrogen) atoms. The number of nitrogens with zero attached hydrogens (tertiary/aromatic N) is 4. The normalized spacial score (nSPS) is 11.7. The van der Waals surface area contributed by atoms with E-state index >= 15 is 0 Å². The van der Waals surface area contributed by atoms with Crippen LogP contribution < -0.4 is 4.40 Å². The van der Waals surface area contributed by atoms with Crippen LogP contribution in [0.15, 0.2) is 162 Å². The molecule has 0 N–H and O–H groups in total. The fourth-order valence-corrected chi connectivity index (χ4v) is 11.9. The van der Waals surface area contributed by atoms with E-state index in [2.05, 4.69) is 188 Å². The first-order chi connectivity index (χ1) is 30.4. The van der Waals surface area contributed by atoms with E-state index in [-0.39, 0.29) is 25.5 Å². The second-order valence-corrected chi connectivity index (χ2v) is 28.8. The van der Waals surface area contributed by atoms with E-state index in [9.17, 15) is 0 Å².